The average Bonchev–Trinajstić information content (AvgIpc) is 3.14. The molecule has 2 aromatic heterocycles. The van der Waals surface area contributed by atoms with Gasteiger partial charge in [0.1, 0.15) is 17.3 Å². The second-order valence-corrected chi connectivity index (χ2v) is 5.18. The summed E-state index contributed by atoms with van der Waals surface area (Å²) in [6.07, 6.45) is 5.44. The lowest BCUT2D eigenvalue weighted by atomic mass is 10.1. The second kappa shape index (κ2) is 7.41. The van der Waals surface area contributed by atoms with Gasteiger partial charge in [-0.05, 0) is 30.2 Å². The van der Waals surface area contributed by atoms with Gasteiger partial charge in [-0.15, -0.1) is 0 Å². The number of nitrogens with zero attached hydrogens (tertiary/aromatic N) is 2. The van der Waals surface area contributed by atoms with E-state index in [-0.39, 0.29) is 11.6 Å². The van der Waals surface area contributed by atoms with E-state index in [1.165, 1.54) is 12.4 Å². The summed E-state index contributed by atoms with van der Waals surface area (Å²) in [5.74, 6) is 1.10. The normalized spacial score (nSPS) is 10.4. The number of hydrogen-bond acceptors (Lipinski definition) is 5. The number of nitrogens with one attached hydrogen (secondary N) is 2. The van der Waals surface area contributed by atoms with Crippen molar-refractivity contribution < 1.29 is 9.21 Å². The highest BCUT2D eigenvalue weighted by Crippen LogP contribution is 2.16. The maximum Gasteiger partial charge on any atom is 0.275 e. The molecule has 0 aliphatic carbocycles. The standard InChI is InChI=1S/C18H18N4O2/c1-2-13-6-3-4-8-15(13)22-18(23)16-11-21-17(12-19-16)20-10-14-7-5-9-24-14/h3-9,11-12H,2,10H2,1H3,(H,20,21)(H,22,23). The van der Waals surface area contributed by atoms with E-state index in [0.29, 0.717) is 12.4 Å². The van der Waals surface area contributed by atoms with Crippen LogP contribution in [0.5, 0.6) is 0 Å². The maximum absolute atomic E-state index is 12.3. The first-order valence-electron chi connectivity index (χ1n) is 7.74. The Morgan fingerprint density at radius 2 is 2.00 bits per heavy atom. The molecule has 0 aliphatic rings. The molecule has 0 fully saturated rings. The maximum atomic E-state index is 12.3. The molecule has 24 heavy (non-hydrogen) atoms. The van der Waals surface area contributed by atoms with Crippen LogP contribution in [-0.4, -0.2) is 15.9 Å². The van der Waals surface area contributed by atoms with Crippen LogP contribution in [0.25, 0.3) is 0 Å². The summed E-state index contributed by atoms with van der Waals surface area (Å²) in [5, 5.41) is 5.96. The van der Waals surface area contributed by atoms with E-state index in [1.54, 1.807) is 6.26 Å². The molecule has 2 N–H and O–H groups in total. The Morgan fingerprint density at radius 3 is 2.71 bits per heavy atom. The van der Waals surface area contributed by atoms with Crippen LogP contribution in [0, 0.1) is 0 Å². The van der Waals surface area contributed by atoms with Crippen LogP contribution >= 0.6 is 0 Å². The molecule has 6 heteroatoms. The Balaban J connectivity index is 1.63. The van der Waals surface area contributed by atoms with Gasteiger partial charge in [-0.2, -0.15) is 0 Å². The lowest BCUT2D eigenvalue weighted by Gasteiger charge is -2.09. The first-order chi connectivity index (χ1) is 11.8. The molecule has 0 bridgehead atoms. The predicted octanol–water partition coefficient (Wildman–Crippen LogP) is 3.50. The first-order valence-corrected chi connectivity index (χ1v) is 7.74. The summed E-state index contributed by atoms with van der Waals surface area (Å²) in [4.78, 5) is 20.7. The van der Waals surface area contributed by atoms with Gasteiger partial charge in [-0.3, -0.25) is 4.79 Å². The third kappa shape index (κ3) is 3.78. The van der Waals surface area contributed by atoms with Crippen molar-refractivity contribution in [2.75, 3.05) is 10.6 Å². The van der Waals surface area contributed by atoms with Crippen LogP contribution in [0.15, 0.2) is 59.5 Å². The number of aryl methyl sites for hydroxylation is 1. The minimum atomic E-state index is -0.277. The van der Waals surface area contributed by atoms with Crippen LogP contribution < -0.4 is 10.6 Å². The highest BCUT2D eigenvalue weighted by molar-refractivity contribution is 6.03. The molecular formula is C18H18N4O2. The topological polar surface area (TPSA) is 80.0 Å². The molecule has 0 unspecified atom stereocenters. The number of amides is 1. The molecule has 122 valence electrons. The van der Waals surface area contributed by atoms with E-state index >= 15 is 0 Å². The zero-order valence-corrected chi connectivity index (χ0v) is 13.3. The Kier molecular flexibility index (Phi) is 4.86. The van der Waals surface area contributed by atoms with Crippen LogP contribution in [0.2, 0.25) is 0 Å². The molecule has 0 aliphatic heterocycles. The molecule has 0 saturated carbocycles. The van der Waals surface area contributed by atoms with E-state index in [9.17, 15) is 4.79 Å². The van der Waals surface area contributed by atoms with Crippen molar-refractivity contribution in [1.82, 2.24) is 9.97 Å². The zero-order chi connectivity index (χ0) is 16.8. The van der Waals surface area contributed by atoms with Crippen LogP contribution in [-0.2, 0) is 13.0 Å². The highest BCUT2D eigenvalue weighted by Gasteiger charge is 2.10. The third-order valence-electron chi connectivity index (χ3n) is 3.55. The van der Waals surface area contributed by atoms with Crippen molar-refractivity contribution >= 4 is 17.4 Å². The van der Waals surface area contributed by atoms with E-state index in [0.717, 1.165) is 23.4 Å². The highest BCUT2D eigenvalue weighted by atomic mass is 16.3. The summed E-state index contributed by atoms with van der Waals surface area (Å²) in [5.41, 5.74) is 2.15. The van der Waals surface area contributed by atoms with E-state index in [4.69, 9.17) is 4.42 Å². The van der Waals surface area contributed by atoms with Crippen LogP contribution in [0.1, 0.15) is 28.7 Å². The van der Waals surface area contributed by atoms with Gasteiger partial charge in [0.25, 0.3) is 5.91 Å². The number of rotatable bonds is 6. The number of aromatic nitrogens is 2. The average molecular weight is 322 g/mol. The monoisotopic (exact) mass is 322 g/mol. The van der Waals surface area contributed by atoms with Crippen molar-refractivity contribution in [2.45, 2.75) is 19.9 Å². The molecule has 1 amide bonds. The molecule has 2 heterocycles. The van der Waals surface area contributed by atoms with Gasteiger partial charge < -0.3 is 15.1 Å². The summed E-state index contributed by atoms with van der Waals surface area (Å²) >= 11 is 0. The molecule has 0 atom stereocenters. The number of anilines is 2. The fourth-order valence-electron chi connectivity index (χ4n) is 2.26. The van der Waals surface area contributed by atoms with Gasteiger partial charge in [-0.1, -0.05) is 25.1 Å². The lowest BCUT2D eigenvalue weighted by Crippen LogP contribution is -2.15. The minimum absolute atomic E-state index is 0.268. The van der Waals surface area contributed by atoms with Gasteiger partial charge in [0.2, 0.25) is 0 Å². The molecule has 0 saturated heterocycles. The molecule has 3 aromatic rings. The number of carbonyl (C=O) groups excluding carboxylic acids is 1. The van der Waals surface area contributed by atoms with E-state index < -0.39 is 0 Å². The van der Waals surface area contributed by atoms with Crippen molar-refractivity contribution in [1.29, 1.82) is 0 Å². The fourth-order valence-corrected chi connectivity index (χ4v) is 2.26. The van der Waals surface area contributed by atoms with Gasteiger partial charge in [0.05, 0.1) is 25.2 Å². The largest absolute Gasteiger partial charge is 0.467 e. The van der Waals surface area contributed by atoms with Crippen molar-refractivity contribution in [3.05, 3.63) is 72.1 Å². The summed E-state index contributed by atoms with van der Waals surface area (Å²) in [6.45, 7) is 2.56. The fraction of sp³-hybridized carbons (Fsp3) is 0.167. The number of furan rings is 1. The molecule has 6 nitrogen and oxygen atoms in total. The Morgan fingerprint density at radius 1 is 1.12 bits per heavy atom. The van der Waals surface area contributed by atoms with Gasteiger partial charge >= 0.3 is 0 Å². The smallest absolute Gasteiger partial charge is 0.275 e. The molecule has 3 rings (SSSR count). The number of carbonyl (C=O) groups is 1. The van der Waals surface area contributed by atoms with E-state index in [2.05, 4.69) is 20.6 Å². The quantitative estimate of drug-likeness (QED) is 0.726. The number of benzene rings is 1. The minimum Gasteiger partial charge on any atom is -0.467 e. The molecule has 0 spiro atoms. The van der Waals surface area contributed by atoms with Crippen molar-refractivity contribution in [2.24, 2.45) is 0 Å². The molecular weight excluding hydrogens is 304 g/mol. The molecule has 1 aromatic carbocycles. The number of para-hydroxylation sites is 1. The first kappa shape index (κ1) is 15.7. The third-order valence-corrected chi connectivity index (χ3v) is 3.55. The summed E-state index contributed by atoms with van der Waals surface area (Å²) in [7, 11) is 0. The Labute approximate surface area is 140 Å². The lowest BCUT2D eigenvalue weighted by molar-refractivity contribution is 0.102. The van der Waals surface area contributed by atoms with Crippen molar-refractivity contribution in [3.63, 3.8) is 0 Å². The second-order valence-electron chi connectivity index (χ2n) is 5.18. The molecule has 0 radical (unpaired) electrons. The zero-order valence-electron chi connectivity index (χ0n) is 13.3. The van der Waals surface area contributed by atoms with Gasteiger partial charge in [0.15, 0.2) is 0 Å². The SMILES string of the molecule is CCc1ccccc1NC(=O)c1cnc(NCc2ccco2)cn1. The summed E-state index contributed by atoms with van der Waals surface area (Å²) < 4.78 is 5.23. The Bertz CT molecular complexity index is 798. The van der Waals surface area contributed by atoms with Crippen LogP contribution in [0.3, 0.4) is 0 Å². The van der Waals surface area contributed by atoms with Gasteiger partial charge in [0, 0.05) is 5.69 Å². The predicted molar refractivity (Wildman–Crippen MR) is 91.8 cm³/mol. The summed E-state index contributed by atoms with van der Waals surface area (Å²) in [6, 6.07) is 11.4. The van der Waals surface area contributed by atoms with Gasteiger partial charge in [-0.25, -0.2) is 9.97 Å². The Hall–Kier alpha value is -3.15. The van der Waals surface area contributed by atoms with E-state index in [1.807, 2.05) is 43.3 Å². The van der Waals surface area contributed by atoms with Crippen LogP contribution in [0.4, 0.5) is 11.5 Å². The number of hydrogen-bond donors (Lipinski definition) is 2. The van der Waals surface area contributed by atoms with Crippen molar-refractivity contribution in [3.8, 4) is 0 Å².